The average Bonchev–Trinajstić information content (AvgIpc) is 2.72. The highest BCUT2D eigenvalue weighted by Gasteiger charge is 2.24. The smallest absolute Gasteiger partial charge is 0.275 e. The highest BCUT2D eigenvalue weighted by atomic mass is 16.5. The van der Waals surface area contributed by atoms with Crippen molar-refractivity contribution in [1.82, 2.24) is 14.7 Å². The van der Waals surface area contributed by atoms with Crippen molar-refractivity contribution in [3.05, 3.63) is 70.1 Å². The molecular formula is C22H25N3O3. The Morgan fingerprint density at radius 1 is 1.04 bits per heavy atom. The van der Waals surface area contributed by atoms with Gasteiger partial charge >= 0.3 is 0 Å². The SMILES string of the molecule is COc1ccc(C(C)N(C)C(=O)c2nn(C(C)C)c(=O)c3ccccc23)cc1. The molecule has 0 bridgehead atoms. The minimum Gasteiger partial charge on any atom is -0.497 e. The third kappa shape index (κ3) is 3.50. The molecule has 0 aliphatic rings. The zero-order valence-electron chi connectivity index (χ0n) is 16.8. The molecule has 1 aromatic heterocycles. The number of carbonyl (C=O) groups is 1. The fourth-order valence-electron chi connectivity index (χ4n) is 3.16. The van der Waals surface area contributed by atoms with E-state index in [0.29, 0.717) is 10.8 Å². The summed E-state index contributed by atoms with van der Waals surface area (Å²) in [6, 6.07) is 14.4. The van der Waals surface area contributed by atoms with Crippen LogP contribution in [0, 0.1) is 0 Å². The summed E-state index contributed by atoms with van der Waals surface area (Å²) < 4.78 is 6.57. The second-order valence-electron chi connectivity index (χ2n) is 7.10. The zero-order valence-corrected chi connectivity index (χ0v) is 16.8. The van der Waals surface area contributed by atoms with Crippen LogP contribution in [0.4, 0.5) is 0 Å². The number of fused-ring (bicyclic) bond motifs is 1. The third-order valence-electron chi connectivity index (χ3n) is 5.02. The van der Waals surface area contributed by atoms with Crippen molar-refractivity contribution < 1.29 is 9.53 Å². The van der Waals surface area contributed by atoms with Crippen LogP contribution >= 0.6 is 0 Å². The molecule has 1 unspecified atom stereocenters. The Morgan fingerprint density at radius 3 is 2.21 bits per heavy atom. The normalized spacial score (nSPS) is 12.2. The molecule has 1 atom stereocenters. The number of benzene rings is 2. The van der Waals surface area contributed by atoms with Crippen molar-refractivity contribution in [2.45, 2.75) is 32.9 Å². The number of ether oxygens (including phenoxy) is 1. The van der Waals surface area contributed by atoms with E-state index >= 15 is 0 Å². The van der Waals surface area contributed by atoms with Gasteiger partial charge in [-0.05, 0) is 44.5 Å². The molecule has 6 heteroatoms. The molecule has 2 aromatic carbocycles. The van der Waals surface area contributed by atoms with E-state index in [-0.39, 0.29) is 29.2 Å². The largest absolute Gasteiger partial charge is 0.497 e. The van der Waals surface area contributed by atoms with Crippen LogP contribution in [0.2, 0.25) is 0 Å². The van der Waals surface area contributed by atoms with Gasteiger partial charge in [-0.25, -0.2) is 4.68 Å². The van der Waals surface area contributed by atoms with Gasteiger partial charge < -0.3 is 9.64 Å². The Kier molecular flexibility index (Phi) is 5.49. The van der Waals surface area contributed by atoms with E-state index in [0.717, 1.165) is 11.3 Å². The van der Waals surface area contributed by atoms with Gasteiger partial charge in [0, 0.05) is 12.4 Å². The summed E-state index contributed by atoms with van der Waals surface area (Å²) in [5.41, 5.74) is 1.08. The molecule has 0 N–H and O–H groups in total. The lowest BCUT2D eigenvalue weighted by Crippen LogP contribution is -2.34. The van der Waals surface area contributed by atoms with Gasteiger partial charge in [-0.3, -0.25) is 9.59 Å². The minimum atomic E-state index is -0.228. The Balaban J connectivity index is 2.04. The first kappa shape index (κ1) is 19.6. The molecule has 3 aromatic rings. The Hall–Kier alpha value is -3.15. The fourth-order valence-corrected chi connectivity index (χ4v) is 3.16. The van der Waals surface area contributed by atoms with Crippen molar-refractivity contribution >= 4 is 16.7 Å². The molecule has 0 spiro atoms. The van der Waals surface area contributed by atoms with Gasteiger partial charge in [-0.1, -0.05) is 30.3 Å². The van der Waals surface area contributed by atoms with Crippen molar-refractivity contribution in [2.24, 2.45) is 0 Å². The van der Waals surface area contributed by atoms with Crippen LogP contribution < -0.4 is 10.3 Å². The molecule has 3 rings (SSSR count). The lowest BCUT2D eigenvalue weighted by atomic mass is 10.1. The molecule has 28 heavy (non-hydrogen) atoms. The Labute approximate surface area is 164 Å². The second kappa shape index (κ2) is 7.84. The maximum absolute atomic E-state index is 13.3. The van der Waals surface area contributed by atoms with Gasteiger partial charge in [-0.2, -0.15) is 5.10 Å². The van der Waals surface area contributed by atoms with Crippen LogP contribution in [-0.4, -0.2) is 34.7 Å². The Bertz CT molecular complexity index is 1050. The first-order chi connectivity index (χ1) is 13.3. The van der Waals surface area contributed by atoms with Crippen LogP contribution in [0.1, 0.15) is 48.9 Å². The van der Waals surface area contributed by atoms with Crippen molar-refractivity contribution in [2.75, 3.05) is 14.2 Å². The number of hydrogen-bond acceptors (Lipinski definition) is 4. The Morgan fingerprint density at radius 2 is 1.64 bits per heavy atom. The summed E-state index contributed by atoms with van der Waals surface area (Å²) >= 11 is 0. The number of rotatable bonds is 5. The molecule has 0 radical (unpaired) electrons. The predicted octanol–water partition coefficient (Wildman–Crippen LogP) is 3.82. The maximum atomic E-state index is 13.3. The number of hydrogen-bond donors (Lipinski definition) is 0. The summed E-state index contributed by atoms with van der Waals surface area (Å²) in [6.45, 7) is 5.71. The molecule has 0 aliphatic heterocycles. The van der Waals surface area contributed by atoms with Crippen LogP contribution in [0.15, 0.2) is 53.3 Å². The average molecular weight is 379 g/mol. The standard InChI is InChI=1S/C22H25N3O3/c1-14(2)25-21(26)19-9-7-6-8-18(19)20(23-25)22(27)24(4)15(3)16-10-12-17(28-5)13-11-16/h6-15H,1-5H3. The summed E-state index contributed by atoms with van der Waals surface area (Å²) in [4.78, 5) is 27.6. The number of amides is 1. The van der Waals surface area contributed by atoms with Crippen LogP contribution in [0.3, 0.4) is 0 Å². The van der Waals surface area contributed by atoms with E-state index < -0.39 is 0 Å². The number of aromatic nitrogens is 2. The van der Waals surface area contributed by atoms with Gasteiger partial charge in [0.05, 0.1) is 24.6 Å². The maximum Gasteiger partial charge on any atom is 0.275 e. The minimum absolute atomic E-state index is 0.145. The van der Waals surface area contributed by atoms with Crippen molar-refractivity contribution in [3.8, 4) is 5.75 Å². The number of nitrogens with zero attached hydrogens (tertiary/aromatic N) is 3. The first-order valence-electron chi connectivity index (χ1n) is 9.27. The summed E-state index contributed by atoms with van der Waals surface area (Å²) in [5, 5.41) is 5.49. The molecule has 6 nitrogen and oxygen atoms in total. The molecule has 0 aliphatic carbocycles. The van der Waals surface area contributed by atoms with Gasteiger partial charge in [0.2, 0.25) is 0 Å². The van der Waals surface area contributed by atoms with E-state index in [1.54, 1.807) is 37.3 Å². The van der Waals surface area contributed by atoms with Gasteiger partial charge in [-0.15, -0.1) is 0 Å². The topological polar surface area (TPSA) is 64.4 Å². The van der Waals surface area contributed by atoms with Crippen molar-refractivity contribution in [1.29, 1.82) is 0 Å². The van der Waals surface area contributed by atoms with Crippen molar-refractivity contribution in [3.63, 3.8) is 0 Å². The molecule has 1 heterocycles. The lowest BCUT2D eigenvalue weighted by Gasteiger charge is -2.26. The molecule has 0 fully saturated rings. The highest BCUT2D eigenvalue weighted by molar-refractivity contribution is 6.04. The quantitative estimate of drug-likeness (QED) is 0.676. The second-order valence-corrected chi connectivity index (χ2v) is 7.10. The summed E-state index contributed by atoms with van der Waals surface area (Å²) in [5.74, 6) is 0.538. The van der Waals surface area contributed by atoms with E-state index in [4.69, 9.17) is 4.74 Å². The van der Waals surface area contributed by atoms with Gasteiger partial charge in [0.25, 0.3) is 11.5 Å². The fraction of sp³-hybridized carbons (Fsp3) is 0.318. The van der Waals surface area contributed by atoms with E-state index in [2.05, 4.69) is 5.10 Å². The van der Waals surface area contributed by atoms with Crippen LogP contribution in [-0.2, 0) is 0 Å². The monoisotopic (exact) mass is 379 g/mol. The van der Waals surface area contributed by atoms with E-state index in [1.807, 2.05) is 51.1 Å². The molecule has 0 saturated heterocycles. The number of methoxy groups -OCH3 is 1. The zero-order chi connectivity index (χ0) is 20.4. The molecule has 1 amide bonds. The third-order valence-corrected chi connectivity index (χ3v) is 5.02. The summed E-state index contributed by atoms with van der Waals surface area (Å²) in [6.07, 6.45) is 0. The highest BCUT2D eigenvalue weighted by Crippen LogP contribution is 2.24. The molecular weight excluding hydrogens is 354 g/mol. The molecule has 0 saturated carbocycles. The number of carbonyl (C=O) groups excluding carboxylic acids is 1. The molecule has 146 valence electrons. The first-order valence-corrected chi connectivity index (χ1v) is 9.27. The van der Waals surface area contributed by atoms with E-state index in [1.165, 1.54) is 4.68 Å². The lowest BCUT2D eigenvalue weighted by molar-refractivity contribution is 0.0736. The summed E-state index contributed by atoms with van der Waals surface area (Å²) in [7, 11) is 3.37. The van der Waals surface area contributed by atoms with Crippen LogP contribution in [0.5, 0.6) is 5.75 Å². The predicted molar refractivity (Wildman–Crippen MR) is 110 cm³/mol. The van der Waals surface area contributed by atoms with Gasteiger partial charge in [0.1, 0.15) is 5.75 Å². The van der Waals surface area contributed by atoms with Gasteiger partial charge in [0.15, 0.2) is 5.69 Å². The van der Waals surface area contributed by atoms with E-state index in [9.17, 15) is 9.59 Å². The van der Waals surface area contributed by atoms with Crippen LogP contribution in [0.25, 0.3) is 10.8 Å².